The van der Waals surface area contributed by atoms with Gasteiger partial charge >= 0.3 is 0 Å². The first-order valence-electron chi connectivity index (χ1n) is 7.44. The summed E-state index contributed by atoms with van der Waals surface area (Å²) in [6.07, 6.45) is 4.97. The van der Waals surface area contributed by atoms with E-state index in [2.05, 4.69) is 12.2 Å². The maximum atomic E-state index is 11.9. The molecule has 0 aromatic carbocycles. The lowest BCUT2D eigenvalue weighted by atomic mass is 9.95. The highest BCUT2D eigenvalue weighted by molar-refractivity contribution is 5.80. The van der Waals surface area contributed by atoms with Gasteiger partial charge < -0.3 is 16.0 Å². The van der Waals surface area contributed by atoms with Crippen molar-refractivity contribution in [2.24, 2.45) is 11.7 Å². The Balaban J connectivity index is 2.24. The lowest BCUT2D eigenvalue weighted by molar-refractivity contribution is -0.135. The molecule has 2 amide bonds. The fourth-order valence-corrected chi connectivity index (χ4v) is 2.34. The number of likely N-dealkylation sites (tertiary alicyclic amines) is 1. The van der Waals surface area contributed by atoms with E-state index in [1.165, 1.54) is 0 Å². The number of amides is 2. The molecular formula is C14H27N3O2. The van der Waals surface area contributed by atoms with Crippen molar-refractivity contribution in [3.05, 3.63) is 0 Å². The maximum Gasteiger partial charge on any atom is 0.223 e. The Labute approximate surface area is 115 Å². The quantitative estimate of drug-likeness (QED) is 0.674. The monoisotopic (exact) mass is 269 g/mol. The third-order valence-electron chi connectivity index (χ3n) is 3.64. The van der Waals surface area contributed by atoms with Gasteiger partial charge in [-0.1, -0.05) is 13.3 Å². The summed E-state index contributed by atoms with van der Waals surface area (Å²) in [6, 6.07) is 0. The first kappa shape index (κ1) is 16.0. The van der Waals surface area contributed by atoms with Gasteiger partial charge in [-0.2, -0.15) is 0 Å². The minimum absolute atomic E-state index is 0.0791. The third-order valence-corrected chi connectivity index (χ3v) is 3.64. The van der Waals surface area contributed by atoms with E-state index in [0.29, 0.717) is 26.1 Å². The van der Waals surface area contributed by atoms with E-state index in [1.807, 2.05) is 4.90 Å². The van der Waals surface area contributed by atoms with Crippen LogP contribution < -0.4 is 11.1 Å². The summed E-state index contributed by atoms with van der Waals surface area (Å²) in [5.74, 6) is 0.410. The molecule has 3 N–H and O–H groups in total. The van der Waals surface area contributed by atoms with Gasteiger partial charge in [-0.05, 0) is 32.2 Å². The molecule has 0 radical (unpaired) electrons. The van der Waals surface area contributed by atoms with Crippen molar-refractivity contribution >= 4 is 11.8 Å². The number of unbranched alkanes of at least 4 members (excludes halogenated alkanes) is 1. The zero-order valence-electron chi connectivity index (χ0n) is 12.0. The van der Waals surface area contributed by atoms with Crippen molar-refractivity contribution < 1.29 is 9.59 Å². The first-order chi connectivity index (χ1) is 9.19. The normalized spacial score (nSPS) is 16.4. The van der Waals surface area contributed by atoms with Crippen LogP contribution in [0, 0.1) is 5.92 Å². The van der Waals surface area contributed by atoms with E-state index in [0.717, 1.165) is 38.6 Å². The largest absolute Gasteiger partial charge is 0.356 e. The van der Waals surface area contributed by atoms with Crippen LogP contribution in [-0.2, 0) is 9.59 Å². The van der Waals surface area contributed by atoms with Crippen molar-refractivity contribution in [2.75, 3.05) is 26.2 Å². The fraction of sp³-hybridized carbons (Fsp3) is 0.857. The predicted octanol–water partition coefficient (Wildman–Crippen LogP) is 0.880. The number of rotatable bonds is 7. The van der Waals surface area contributed by atoms with E-state index in [-0.39, 0.29) is 17.7 Å². The highest BCUT2D eigenvalue weighted by Gasteiger charge is 2.26. The second-order valence-corrected chi connectivity index (χ2v) is 5.19. The molecule has 5 nitrogen and oxygen atoms in total. The molecule has 0 bridgehead atoms. The molecule has 0 aromatic heterocycles. The summed E-state index contributed by atoms with van der Waals surface area (Å²) in [4.78, 5) is 25.6. The highest BCUT2D eigenvalue weighted by Crippen LogP contribution is 2.18. The van der Waals surface area contributed by atoms with Gasteiger partial charge in [0.1, 0.15) is 0 Å². The van der Waals surface area contributed by atoms with Gasteiger partial charge in [0.05, 0.1) is 0 Å². The molecule has 1 heterocycles. The average molecular weight is 269 g/mol. The summed E-state index contributed by atoms with van der Waals surface area (Å²) in [6.45, 7) is 4.84. The minimum atomic E-state index is 0.0791. The van der Waals surface area contributed by atoms with Gasteiger partial charge in [0.2, 0.25) is 11.8 Å². The summed E-state index contributed by atoms with van der Waals surface area (Å²) in [7, 11) is 0. The Bertz CT molecular complexity index is 286. The Morgan fingerprint density at radius 3 is 2.53 bits per heavy atom. The Morgan fingerprint density at radius 2 is 1.95 bits per heavy atom. The number of nitrogens with two attached hydrogens (primary N) is 1. The molecule has 1 saturated heterocycles. The molecule has 0 unspecified atom stereocenters. The SMILES string of the molecule is CCCCNC(=O)C1CCN(C(=O)CCCN)CC1. The summed E-state index contributed by atoms with van der Waals surface area (Å²) < 4.78 is 0. The molecule has 19 heavy (non-hydrogen) atoms. The topological polar surface area (TPSA) is 75.4 Å². The fourth-order valence-electron chi connectivity index (χ4n) is 2.34. The van der Waals surface area contributed by atoms with Crippen LogP contribution in [-0.4, -0.2) is 42.9 Å². The molecule has 5 heteroatoms. The molecule has 1 aliphatic heterocycles. The predicted molar refractivity (Wildman–Crippen MR) is 75.5 cm³/mol. The van der Waals surface area contributed by atoms with E-state index >= 15 is 0 Å². The summed E-state index contributed by atoms with van der Waals surface area (Å²) in [5.41, 5.74) is 5.40. The summed E-state index contributed by atoms with van der Waals surface area (Å²) in [5, 5.41) is 2.97. The van der Waals surface area contributed by atoms with Crippen LogP contribution in [0.5, 0.6) is 0 Å². The Kier molecular flexibility index (Phi) is 7.48. The zero-order valence-corrected chi connectivity index (χ0v) is 12.0. The second-order valence-electron chi connectivity index (χ2n) is 5.19. The van der Waals surface area contributed by atoms with Crippen molar-refractivity contribution in [3.63, 3.8) is 0 Å². The van der Waals surface area contributed by atoms with Crippen LogP contribution in [0.25, 0.3) is 0 Å². The molecule has 0 spiro atoms. The van der Waals surface area contributed by atoms with Crippen molar-refractivity contribution in [2.45, 2.75) is 45.4 Å². The molecule has 0 atom stereocenters. The molecule has 1 aliphatic rings. The Hall–Kier alpha value is -1.10. The Morgan fingerprint density at radius 1 is 1.26 bits per heavy atom. The number of hydrogen-bond donors (Lipinski definition) is 2. The van der Waals surface area contributed by atoms with E-state index in [4.69, 9.17) is 5.73 Å². The van der Waals surface area contributed by atoms with Crippen LogP contribution >= 0.6 is 0 Å². The highest BCUT2D eigenvalue weighted by atomic mass is 16.2. The number of nitrogens with zero attached hydrogens (tertiary/aromatic N) is 1. The van der Waals surface area contributed by atoms with Crippen LogP contribution in [0.4, 0.5) is 0 Å². The van der Waals surface area contributed by atoms with Crippen molar-refractivity contribution in [1.29, 1.82) is 0 Å². The number of nitrogens with one attached hydrogen (secondary N) is 1. The van der Waals surface area contributed by atoms with E-state index in [1.54, 1.807) is 0 Å². The van der Waals surface area contributed by atoms with Gasteiger partial charge in [0, 0.05) is 32.0 Å². The minimum Gasteiger partial charge on any atom is -0.356 e. The van der Waals surface area contributed by atoms with Gasteiger partial charge in [-0.3, -0.25) is 9.59 Å². The maximum absolute atomic E-state index is 11.9. The van der Waals surface area contributed by atoms with Gasteiger partial charge in [0.15, 0.2) is 0 Å². The van der Waals surface area contributed by atoms with E-state index < -0.39 is 0 Å². The van der Waals surface area contributed by atoms with Crippen molar-refractivity contribution in [3.8, 4) is 0 Å². The third kappa shape index (κ3) is 5.59. The molecule has 0 saturated carbocycles. The molecular weight excluding hydrogens is 242 g/mol. The van der Waals surface area contributed by atoms with Crippen LogP contribution in [0.1, 0.15) is 45.4 Å². The second kappa shape index (κ2) is 8.91. The number of piperidine rings is 1. The zero-order chi connectivity index (χ0) is 14.1. The molecule has 0 aromatic rings. The number of carbonyl (C=O) groups excluding carboxylic acids is 2. The standard InChI is InChI=1S/C14H27N3O2/c1-2-3-9-16-14(19)12-6-10-17(11-7-12)13(18)5-4-8-15/h12H,2-11,15H2,1H3,(H,16,19). The lowest BCUT2D eigenvalue weighted by Gasteiger charge is -2.31. The molecule has 110 valence electrons. The number of carbonyl (C=O) groups is 2. The average Bonchev–Trinajstić information content (AvgIpc) is 2.45. The lowest BCUT2D eigenvalue weighted by Crippen LogP contribution is -2.43. The van der Waals surface area contributed by atoms with E-state index in [9.17, 15) is 9.59 Å². The van der Waals surface area contributed by atoms with Gasteiger partial charge in [-0.25, -0.2) is 0 Å². The van der Waals surface area contributed by atoms with Crippen LogP contribution in [0.15, 0.2) is 0 Å². The van der Waals surface area contributed by atoms with Crippen LogP contribution in [0.3, 0.4) is 0 Å². The van der Waals surface area contributed by atoms with Gasteiger partial charge in [0.25, 0.3) is 0 Å². The first-order valence-corrected chi connectivity index (χ1v) is 7.44. The van der Waals surface area contributed by atoms with Gasteiger partial charge in [-0.15, -0.1) is 0 Å². The molecule has 1 rings (SSSR count). The summed E-state index contributed by atoms with van der Waals surface area (Å²) >= 11 is 0. The smallest absolute Gasteiger partial charge is 0.223 e. The number of hydrogen-bond acceptors (Lipinski definition) is 3. The molecule has 1 fully saturated rings. The molecule has 0 aliphatic carbocycles. The van der Waals surface area contributed by atoms with Crippen LogP contribution in [0.2, 0.25) is 0 Å². The van der Waals surface area contributed by atoms with Crippen molar-refractivity contribution in [1.82, 2.24) is 10.2 Å².